The SMILES string of the molecule is COc1ccc(S(=O)(=O)N(CC(=O)NN=Cc2cccc(C)c2)Cc2ccccc2)cc1OC. The van der Waals surface area contributed by atoms with Gasteiger partial charge in [-0.1, -0.05) is 60.2 Å². The fourth-order valence-corrected chi connectivity index (χ4v) is 4.66. The normalized spacial score (nSPS) is 11.5. The second-order valence-electron chi connectivity index (χ2n) is 7.48. The molecule has 0 saturated heterocycles. The Morgan fingerprint density at radius 2 is 1.71 bits per heavy atom. The fourth-order valence-electron chi connectivity index (χ4n) is 3.26. The molecule has 3 rings (SSSR count). The van der Waals surface area contributed by atoms with Crippen molar-refractivity contribution in [1.82, 2.24) is 9.73 Å². The summed E-state index contributed by atoms with van der Waals surface area (Å²) in [4.78, 5) is 12.6. The molecule has 0 heterocycles. The second-order valence-corrected chi connectivity index (χ2v) is 9.42. The molecule has 0 aliphatic rings. The van der Waals surface area contributed by atoms with Gasteiger partial charge in [0.1, 0.15) is 0 Å². The van der Waals surface area contributed by atoms with Gasteiger partial charge in [0.2, 0.25) is 10.0 Å². The Labute approximate surface area is 199 Å². The number of methoxy groups -OCH3 is 2. The number of nitrogens with zero attached hydrogens (tertiary/aromatic N) is 2. The van der Waals surface area contributed by atoms with Crippen molar-refractivity contribution in [2.45, 2.75) is 18.4 Å². The highest BCUT2D eigenvalue weighted by atomic mass is 32.2. The number of hydrogen-bond acceptors (Lipinski definition) is 6. The number of rotatable bonds is 10. The molecule has 3 aromatic rings. The zero-order valence-corrected chi connectivity index (χ0v) is 20.1. The number of hydrogen-bond donors (Lipinski definition) is 1. The van der Waals surface area contributed by atoms with E-state index in [-0.39, 0.29) is 17.2 Å². The van der Waals surface area contributed by atoms with Crippen LogP contribution in [0.1, 0.15) is 16.7 Å². The Morgan fingerprint density at radius 3 is 2.38 bits per heavy atom. The van der Waals surface area contributed by atoms with Crippen molar-refractivity contribution < 1.29 is 22.7 Å². The highest BCUT2D eigenvalue weighted by Crippen LogP contribution is 2.31. The van der Waals surface area contributed by atoms with Crippen LogP contribution in [0.25, 0.3) is 0 Å². The molecule has 34 heavy (non-hydrogen) atoms. The highest BCUT2D eigenvalue weighted by Gasteiger charge is 2.28. The molecule has 0 aliphatic carbocycles. The van der Waals surface area contributed by atoms with E-state index < -0.39 is 22.5 Å². The summed E-state index contributed by atoms with van der Waals surface area (Å²) < 4.78 is 38.5. The van der Waals surface area contributed by atoms with Crippen molar-refractivity contribution in [2.75, 3.05) is 20.8 Å². The van der Waals surface area contributed by atoms with E-state index in [2.05, 4.69) is 10.5 Å². The van der Waals surface area contributed by atoms with Crippen molar-refractivity contribution in [3.63, 3.8) is 0 Å². The summed E-state index contributed by atoms with van der Waals surface area (Å²) in [6, 6.07) is 21.0. The van der Waals surface area contributed by atoms with Gasteiger partial charge in [0, 0.05) is 12.6 Å². The molecule has 1 amide bonds. The van der Waals surface area contributed by atoms with E-state index in [1.165, 1.54) is 38.6 Å². The number of aryl methyl sites for hydroxylation is 1. The lowest BCUT2D eigenvalue weighted by Gasteiger charge is -2.22. The van der Waals surface area contributed by atoms with Gasteiger partial charge in [-0.05, 0) is 30.2 Å². The van der Waals surface area contributed by atoms with E-state index in [1.54, 1.807) is 12.1 Å². The summed E-state index contributed by atoms with van der Waals surface area (Å²) in [5.74, 6) is 0.110. The molecule has 0 aliphatic heterocycles. The van der Waals surface area contributed by atoms with Gasteiger partial charge in [0.05, 0.1) is 31.9 Å². The zero-order chi connectivity index (χ0) is 24.6. The Morgan fingerprint density at radius 1 is 0.971 bits per heavy atom. The van der Waals surface area contributed by atoms with Crippen molar-refractivity contribution in [3.05, 3.63) is 89.5 Å². The molecule has 0 bridgehead atoms. The quantitative estimate of drug-likeness (QED) is 0.354. The summed E-state index contributed by atoms with van der Waals surface area (Å²) in [5.41, 5.74) is 5.03. The molecule has 0 spiro atoms. The Balaban J connectivity index is 1.83. The monoisotopic (exact) mass is 481 g/mol. The van der Waals surface area contributed by atoms with Gasteiger partial charge in [-0.3, -0.25) is 4.79 Å². The van der Waals surface area contributed by atoms with Gasteiger partial charge < -0.3 is 9.47 Å². The van der Waals surface area contributed by atoms with Crippen LogP contribution < -0.4 is 14.9 Å². The van der Waals surface area contributed by atoms with Crippen LogP contribution in [0.3, 0.4) is 0 Å². The minimum atomic E-state index is -4.05. The van der Waals surface area contributed by atoms with Crippen LogP contribution in [-0.4, -0.2) is 45.6 Å². The molecule has 3 aromatic carbocycles. The van der Waals surface area contributed by atoms with Crippen LogP contribution in [0, 0.1) is 6.92 Å². The van der Waals surface area contributed by atoms with Gasteiger partial charge in [-0.2, -0.15) is 9.41 Å². The average Bonchev–Trinajstić information content (AvgIpc) is 2.83. The number of nitrogens with one attached hydrogen (secondary N) is 1. The van der Waals surface area contributed by atoms with Crippen molar-refractivity contribution in [1.29, 1.82) is 0 Å². The van der Waals surface area contributed by atoms with Gasteiger partial charge in [0.25, 0.3) is 5.91 Å². The maximum Gasteiger partial charge on any atom is 0.255 e. The Bertz CT molecular complexity index is 1260. The van der Waals surface area contributed by atoms with E-state index in [1.807, 2.05) is 49.4 Å². The Hall–Kier alpha value is -3.69. The van der Waals surface area contributed by atoms with Crippen LogP contribution in [0.5, 0.6) is 11.5 Å². The Kier molecular flexibility index (Phi) is 8.39. The van der Waals surface area contributed by atoms with Crippen LogP contribution >= 0.6 is 0 Å². The molecular formula is C25H27N3O5S. The van der Waals surface area contributed by atoms with Gasteiger partial charge in [-0.15, -0.1) is 0 Å². The molecule has 0 radical (unpaired) electrons. The molecule has 0 aromatic heterocycles. The first-order valence-corrected chi connectivity index (χ1v) is 11.9. The van der Waals surface area contributed by atoms with Gasteiger partial charge in [-0.25, -0.2) is 13.8 Å². The minimum Gasteiger partial charge on any atom is -0.493 e. The lowest BCUT2D eigenvalue weighted by Crippen LogP contribution is -2.39. The first-order chi connectivity index (χ1) is 16.3. The van der Waals surface area contributed by atoms with E-state index in [9.17, 15) is 13.2 Å². The maximum atomic E-state index is 13.5. The van der Waals surface area contributed by atoms with Crippen LogP contribution in [0.2, 0.25) is 0 Å². The third-order valence-electron chi connectivity index (χ3n) is 4.96. The molecule has 8 nitrogen and oxygen atoms in total. The third kappa shape index (κ3) is 6.43. The number of hydrazone groups is 1. The zero-order valence-electron chi connectivity index (χ0n) is 19.3. The largest absolute Gasteiger partial charge is 0.493 e. The molecule has 9 heteroatoms. The molecule has 0 saturated carbocycles. The molecule has 0 unspecified atom stereocenters. The summed E-state index contributed by atoms with van der Waals surface area (Å²) in [6.07, 6.45) is 1.51. The predicted molar refractivity (Wildman–Crippen MR) is 130 cm³/mol. The highest BCUT2D eigenvalue weighted by molar-refractivity contribution is 7.89. The fraction of sp³-hybridized carbons (Fsp3) is 0.200. The van der Waals surface area contributed by atoms with Gasteiger partial charge >= 0.3 is 0 Å². The van der Waals surface area contributed by atoms with E-state index in [0.717, 1.165) is 21.0 Å². The number of benzene rings is 3. The standard InChI is InChI=1S/C25H27N3O5S/c1-19-8-7-11-21(14-19)16-26-27-25(29)18-28(17-20-9-5-4-6-10-20)34(30,31)22-12-13-23(32-2)24(15-22)33-3/h4-16H,17-18H2,1-3H3,(H,27,29). The lowest BCUT2D eigenvalue weighted by atomic mass is 10.2. The number of carbonyl (C=O) groups excluding carboxylic acids is 1. The molecule has 1 N–H and O–H groups in total. The topological polar surface area (TPSA) is 97.3 Å². The summed E-state index contributed by atoms with van der Waals surface area (Å²) in [6.45, 7) is 1.54. The molecule has 0 fully saturated rings. The van der Waals surface area contributed by atoms with Crippen molar-refractivity contribution >= 4 is 22.1 Å². The van der Waals surface area contributed by atoms with Crippen LogP contribution in [0.15, 0.2) is 82.8 Å². The third-order valence-corrected chi connectivity index (χ3v) is 6.75. The molecule has 0 atom stereocenters. The summed E-state index contributed by atoms with van der Waals surface area (Å²) in [5, 5.41) is 3.97. The predicted octanol–water partition coefficient (Wildman–Crippen LogP) is 3.35. The second kappa shape index (κ2) is 11.4. The van der Waals surface area contributed by atoms with Crippen molar-refractivity contribution in [2.24, 2.45) is 5.10 Å². The van der Waals surface area contributed by atoms with Crippen molar-refractivity contribution in [3.8, 4) is 11.5 Å². The number of amides is 1. The summed E-state index contributed by atoms with van der Waals surface area (Å²) >= 11 is 0. The number of carbonyl (C=O) groups is 1. The van der Waals surface area contributed by atoms with Gasteiger partial charge in [0.15, 0.2) is 11.5 Å². The molecular weight excluding hydrogens is 454 g/mol. The first-order valence-electron chi connectivity index (χ1n) is 10.5. The number of sulfonamides is 1. The van der Waals surface area contributed by atoms with Crippen LogP contribution in [0.4, 0.5) is 0 Å². The van der Waals surface area contributed by atoms with E-state index in [4.69, 9.17) is 9.47 Å². The minimum absolute atomic E-state index is 0.00648. The van der Waals surface area contributed by atoms with Crippen LogP contribution in [-0.2, 0) is 21.4 Å². The maximum absolute atomic E-state index is 13.5. The lowest BCUT2D eigenvalue weighted by molar-refractivity contribution is -0.121. The number of ether oxygens (including phenoxy) is 2. The first kappa shape index (κ1) is 24.9. The smallest absolute Gasteiger partial charge is 0.255 e. The van der Waals surface area contributed by atoms with E-state index in [0.29, 0.717) is 5.75 Å². The van der Waals surface area contributed by atoms with E-state index >= 15 is 0 Å². The average molecular weight is 482 g/mol. The molecule has 178 valence electrons. The summed E-state index contributed by atoms with van der Waals surface area (Å²) in [7, 11) is -1.16.